The molecule has 130 valence electrons. The maximum absolute atomic E-state index is 14.0. The fourth-order valence-corrected chi connectivity index (χ4v) is 3.49. The number of halogens is 2. The van der Waals surface area contributed by atoms with Crippen LogP contribution in [0.2, 0.25) is 0 Å². The van der Waals surface area contributed by atoms with Crippen molar-refractivity contribution in [2.75, 3.05) is 4.90 Å². The van der Waals surface area contributed by atoms with E-state index in [1.165, 1.54) is 23.3 Å². The number of carbonyl (C=O) groups excluding carboxylic acids is 1. The lowest BCUT2D eigenvalue weighted by Crippen LogP contribution is -2.30. The normalized spacial score (nSPS) is 11.0. The Hall–Kier alpha value is -3.13. The Morgan fingerprint density at radius 2 is 2.00 bits per heavy atom. The molecule has 0 bridgehead atoms. The summed E-state index contributed by atoms with van der Waals surface area (Å²) < 4.78 is 33.0. The Kier molecular flexibility index (Phi) is 4.18. The first kappa shape index (κ1) is 16.3. The van der Waals surface area contributed by atoms with Crippen LogP contribution < -0.4 is 4.90 Å². The van der Waals surface area contributed by atoms with Crippen LogP contribution in [0.5, 0.6) is 0 Å². The first-order chi connectivity index (χ1) is 12.6. The number of pyridine rings is 1. The van der Waals surface area contributed by atoms with E-state index in [4.69, 9.17) is 4.42 Å². The number of hydrogen-bond acceptors (Lipinski definition) is 5. The molecule has 3 aromatic heterocycles. The van der Waals surface area contributed by atoms with Gasteiger partial charge >= 0.3 is 0 Å². The van der Waals surface area contributed by atoms with Crippen LogP contribution in [-0.2, 0) is 6.54 Å². The van der Waals surface area contributed by atoms with Gasteiger partial charge in [-0.3, -0.25) is 14.7 Å². The van der Waals surface area contributed by atoms with Crippen LogP contribution in [0.4, 0.5) is 13.9 Å². The van der Waals surface area contributed by atoms with E-state index in [1.807, 2.05) is 0 Å². The Morgan fingerprint density at radius 3 is 2.73 bits per heavy atom. The monoisotopic (exact) mass is 371 g/mol. The average Bonchev–Trinajstić information content (AvgIpc) is 3.29. The highest BCUT2D eigenvalue weighted by atomic mass is 32.1. The summed E-state index contributed by atoms with van der Waals surface area (Å²) in [5.74, 6) is -1.75. The minimum Gasteiger partial charge on any atom is -0.459 e. The van der Waals surface area contributed by atoms with Crippen molar-refractivity contribution in [3.63, 3.8) is 0 Å². The van der Waals surface area contributed by atoms with Gasteiger partial charge in [-0.15, -0.1) is 0 Å². The number of furan rings is 1. The lowest BCUT2D eigenvalue weighted by molar-refractivity contribution is 0.0958. The van der Waals surface area contributed by atoms with Gasteiger partial charge in [-0.25, -0.2) is 13.8 Å². The molecule has 0 aliphatic rings. The van der Waals surface area contributed by atoms with E-state index in [9.17, 15) is 13.6 Å². The maximum Gasteiger partial charge on any atom is 0.296 e. The molecular weight excluding hydrogens is 360 g/mol. The van der Waals surface area contributed by atoms with Crippen molar-refractivity contribution >= 4 is 32.6 Å². The summed E-state index contributed by atoms with van der Waals surface area (Å²) in [6, 6.07) is 8.63. The second-order valence-electron chi connectivity index (χ2n) is 5.45. The number of carbonyl (C=O) groups is 1. The molecule has 8 heteroatoms. The lowest BCUT2D eigenvalue weighted by Gasteiger charge is -2.18. The number of benzene rings is 1. The molecule has 4 aromatic rings. The maximum atomic E-state index is 14.0. The lowest BCUT2D eigenvalue weighted by atomic mass is 10.2. The molecule has 4 rings (SSSR count). The zero-order valence-corrected chi connectivity index (χ0v) is 14.0. The Bertz CT molecular complexity index is 1060. The molecule has 0 radical (unpaired) electrons. The van der Waals surface area contributed by atoms with Gasteiger partial charge < -0.3 is 4.42 Å². The fourth-order valence-electron chi connectivity index (χ4n) is 2.49. The van der Waals surface area contributed by atoms with Crippen LogP contribution >= 0.6 is 11.3 Å². The molecular formula is C18H11F2N3O2S. The molecule has 0 aliphatic carbocycles. The Labute approximate surface area is 150 Å². The summed E-state index contributed by atoms with van der Waals surface area (Å²) >= 11 is 1.04. The minimum absolute atomic E-state index is 0.0263. The number of thiazole rings is 1. The van der Waals surface area contributed by atoms with Crippen LogP contribution in [0.25, 0.3) is 10.2 Å². The Morgan fingerprint density at radius 1 is 1.19 bits per heavy atom. The predicted octanol–water partition coefficient (Wildman–Crippen LogP) is 4.41. The molecule has 0 saturated heterocycles. The van der Waals surface area contributed by atoms with E-state index in [0.717, 1.165) is 23.0 Å². The number of amides is 1. The van der Waals surface area contributed by atoms with Gasteiger partial charge in [0.05, 0.1) is 17.5 Å². The third-order valence-electron chi connectivity index (χ3n) is 3.70. The number of hydrogen-bond donors (Lipinski definition) is 0. The molecule has 1 aromatic carbocycles. The molecule has 0 saturated carbocycles. The molecule has 26 heavy (non-hydrogen) atoms. The standard InChI is InChI=1S/C18H11F2N3O2S/c19-12-8-13(20)16-15(9-12)26-18(22-16)23(10-11-3-5-21-6-4-11)17(24)14-2-1-7-25-14/h1-9H,10H2. The van der Waals surface area contributed by atoms with Crippen LogP contribution in [-0.4, -0.2) is 15.9 Å². The van der Waals surface area contributed by atoms with Gasteiger partial charge in [0.15, 0.2) is 16.7 Å². The molecule has 0 aliphatic heterocycles. The number of nitrogens with zero attached hydrogens (tertiary/aromatic N) is 3. The summed E-state index contributed by atoms with van der Waals surface area (Å²) in [6.45, 7) is 0.186. The van der Waals surface area contributed by atoms with Crippen LogP contribution in [0.3, 0.4) is 0 Å². The number of aromatic nitrogens is 2. The first-order valence-corrected chi connectivity index (χ1v) is 8.43. The highest BCUT2D eigenvalue weighted by Gasteiger charge is 2.24. The minimum atomic E-state index is -0.767. The average molecular weight is 371 g/mol. The van der Waals surface area contributed by atoms with Gasteiger partial charge in [0.25, 0.3) is 5.91 Å². The van der Waals surface area contributed by atoms with Crippen molar-refractivity contribution in [3.05, 3.63) is 78.0 Å². The summed E-state index contributed by atoms with van der Waals surface area (Å²) in [6.07, 6.45) is 4.61. The zero-order valence-electron chi connectivity index (χ0n) is 13.2. The largest absolute Gasteiger partial charge is 0.459 e. The topological polar surface area (TPSA) is 59.2 Å². The van der Waals surface area contributed by atoms with Crippen LogP contribution in [0, 0.1) is 11.6 Å². The second kappa shape index (κ2) is 6.64. The molecule has 0 atom stereocenters. The van der Waals surface area contributed by atoms with Gasteiger partial charge in [-0.05, 0) is 35.9 Å². The molecule has 0 N–H and O–H groups in total. The molecule has 0 unspecified atom stereocenters. The quantitative estimate of drug-likeness (QED) is 0.533. The van der Waals surface area contributed by atoms with Gasteiger partial charge in [0.1, 0.15) is 11.3 Å². The predicted molar refractivity (Wildman–Crippen MR) is 93.0 cm³/mol. The van der Waals surface area contributed by atoms with Gasteiger partial charge in [-0.1, -0.05) is 11.3 Å². The van der Waals surface area contributed by atoms with Crippen molar-refractivity contribution in [2.24, 2.45) is 0 Å². The van der Waals surface area contributed by atoms with E-state index in [-0.39, 0.29) is 23.0 Å². The molecule has 1 amide bonds. The first-order valence-electron chi connectivity index (χ1n) is 7.61. The zero-order chi connectivity index (χ0) is 18.1. The van der Waals surface area contributed by atoms with E-state index >= 15 is 0 Å². The summed E-state index contributed by atoms with van der Waals surface area (Å²) in [7, 11) is 0. The summed E-state index contributed by atoms with van der Waals surface area (Å²) in [5, 5.41) is 0.253. The summed E-state index contributed by atoms with van der Waals surface area (Å²) in [5.41, 5.74) is 0.837. The van der Waals surface area contributed by atoms with Crippen molar-refractivity contribution in [1.29, 1.82) is 0 Å². The van der Waals surface area contributed by atoms with E-state index in [0.29, 0.717) is 4.70 Å². The van der Waals surface area contributed by atoms with Crippen LogP contribution in [0.1, 0.15) is 16.1 Å². The van der Waals surface area contributed by atoms with Gasteiger partial charge in [0.2, 0.25) is 0 Å². The Balaban J connectivity index is 1.79. The summed E-state index contributed by atoms with van der Waals surface area (Å²) in [4.78, 5) is 22.4. The van der Waals surface area contributed by atoms with Crippen molar-refractivity contribution < 1.29 is 18.0 Å². The van der Waals surface area contributed by atoms with Crippen molar-refractivity contribution in [1.82, 2.24) is 9.97 Å². The van der Waals surface area contributed by atoms with E-state index in [2.05, 4.69) is 9.97 Å². The molecule has 0 fully saturated rings. The highest BCUT2D eigenvalue weighted by Crippen LogP contribution is 2.32. The van der Waals surface area contributed by atoms with E-state index in [1.54, 1.807) is 30.6 Å². The van der Waals surface area contributed by atoms with Gasteiger partial charge in [-0.2, -0.15) is 0 Å². The molecule has 0 spiro atoms. The molecule has 5 nitrogen and oxygen atoms in total. The number of anilines is 1. The van der Waals surface area contributed by atoms with Crippen molar-refractivity contribution in [3.8, 4) is 0 Å². The van der Waals surface area contributed by atoms with Gasteiger partial charge in [0, 0.05) is 18.5 Å². The number of rotatable bonds is 4. The fraction of sp³-hybridized carbons (Fsp3) is 0.0556. The third-order valence-corrected chi connectivity index (χ3v) is 4.73. The van der Waals surface area contributed by atoms with Crippen LogP contribution in [0.15, 0.2) is 59.5 Å². The third kappa shape index (κ3) is 3.06. The van der Waals surface area contributed by atoms with Crippen molar-refractivity contribution in [2.45, 2.75) is 6.54 Å². The SMILES string of the molecule is O=C(c1ccco1)N(Cc1ccncc1)c1nc2c(F)cc(F)cc2s1. The van der Waals surface area contributed by atoms with E-state index < -0.39 is 17.5 Å². The smallest absolute Gasteiger partial charge is 0.296 e. The highest BCUT2D eigenvalue weighted by molar-refractivity contribution is 7.22. The second-order valence-corrected chi connectivity index (χ2v) is 6.46. The number of fused-ring (bicyclic) bond motifs is 1. The molecule has 3 heterocycles.